The smallest absolute Gasteiger partial charge is 0.341 e. The minimum absolute atomic E-state index is 0.239. The predicted octanol–water partition coefficient (Wildman–Crippen LogP) is 5.12. The molecule has 1 N–H and O–H groups in total. The van der Waals surface area contributed by atoms with Gasteiger partial charge in [0.1, 0.15) is 10.8 Å². The molecule has 0 atom stereocenters. The van der Waals surface area contributed by atoms with Gasteiger partial charge in [0.2, 0.25) is 0 Å². The van der Waals surface area contributed by atoms with E-state index in [1.807, 2.05) is 13.8 Å². The Balaban J connectivity index is 2.11. The Hall–Kier alpha value is -1.76. The predicted molar refractivity (Wildman–Crippen MR) is 105 cm³/mol. The molecule has 0 aliphatic carbocycles. The highest BCUT2D eigenvalue weighted by Crippen LogP contribution is 2.34. The lowest BCUT2D eigenvalue weighted by atomic mass is 10.1. The maximum atomic E-state index is 12.2. The number of benzene rings is 1. The van der Waals surface area contributed by atoms with Gasteiger partial charge in [-0.1, -0.05) is 30.1 Å². The van der Waals surface area contributed by atoms with Crippen molar-refractivity contribution in [2.75, 3.05) is 18.5 Å². The van der Waals surface area contributed by atoms with Gasteiger partial charge in [-0.15, -0.1) is 11.3 Å². The number of amides is 1. The number of halogens is 2. The second kappa shape index (κ2) is 9.26. The number of aryl methyl sites for hydroxylation is 1. The first-order valence-electron chi connectivity index (χ1n) is 8.03. The molecule has 26 heavy (non-hydrogen) atoms. The van der Waals surface area contributed by atoms with Crippen LogP contribution in [0, 0.1) is 6.92 Å². The van der Waals surface area contributed by atoms with Crippen LogP contribution in [0.2, 0.25) is 10.0 Å². The largest absolute Gasteiger partial charge is 0.484 e. The molecule has 8 heteroatoms. The van der Waals surface area contributed by atoms with Crippen molar-refractivity contribution in [2.45, 2.75) is 27.2 Å². The summed E-state index contributed by atoms with van der Waals surface area (Å²) in [6, 6.07) is 4.70. The lowest BCUT2D eigenvalue weighted by Gasteiger charge is -2.09. The average Bonchev–Trinajstić information content (AvgIpc) is 2.87. The van der Waals surface area contributed by atoms with Crippen LogP contribution >= 0.6 is 34.5 Å². The van der Waals surface area contributed by atoms with Crippen LogP contribution in [-0.2, 0) is 16.0 Å². The fourth-order valence-corrected chi connectivity index (χ4v) is 4.01. The molecule has 0 saturated carbocycles. The van der Waals surface area contributed by atoms with Crippen LogP contribution < -0.4 is 10.1 Å². The van der Waals surface area contributed by atoms with E-state index in [0.717, 1.165) is 16.9 Å². The van der Waals surface area contributed by atoms with Gasteiger partial charge in [-0.25, -0.2) is 4.79 Å². The molecule has 0 unspecified atom stereocenters. The van der Waals surface area contributed by atoms with E-state index in [0.29, 0.717) is 26.4 Å². The highest BCUT2D eigenvalue weighted by atomic mass is 35.5. The van der Waals surface area contributed by atoms with Crippen molar-refractivity contribution in [3.8, 4) is 5.75 Å². The molecule has 1 heterocycles. The van der Waals surface area contributed by atoms with Crippen molar-refractivity contribution < 1.29 is 19.1 Å². The first-order chi connectivity index (χ1) is 12.3. The Labute approximate surface area is 166 Å². The van der Waals surface area contributed by atoms with E-state index in [4.69, 9.17) is 32.7 Å². The first kappa shape index (κ1) is 20.6. The minimum Gasteiger partial charge on any atom is -0.484 e. The third kappa shape index (κ3) is 5.13. The van der Waals surface area contributed by atoms with Gasteiger partial charge in [0, 0.05) is 14.9 Å². The number of carbonyl (C=O) groups is 2. The van der Waals surface area contributed by atoms with E-state index in [-0.39, 0.29) is 13.2 Å². The number of ether oxygens (including phenoxy) is 2. The van der Waals surface area contributed by atoms with Crippen molar-refractivity contribution in [2.24, 2.45) is 0 Å². The number of nitrogens with one attached hydrogen (secondary N) is 1. The maximum Gasteiger partial charge on any atom is 0.341 e. The van der Waals surface area contributed by atoms with Crippen molar-refractivity contribution >= 4 is 51.4 Å². The van der Waals surface area contributed by atoms with E-state index >= 15 is 0 Å². The summed E-state index contributed by atoms with van der Waals surface area (Å²) in [7, 11) is 0. The summed E-state index contributed by atoms with van der Waals surface area (Å²) in [6.07, 6.45) is 0.760. The SMILES string of the molecule is CCOC(=O)c1c(NC(=O)COc2cc(Cl)cc(Cl)c2)sc(CC)c1C. The molecule has 2 aromatic rings. The minimum atomic E-state index is -0.446. The summed E-state index contributed by atoms with van der Waals surface area (Å²) in [4.78, 5) is 25.5. The molecule has 1 aromatic carbocycles. The highest BCUT2D eigenvalue weighted by molar-refractivity contribution is 7.17. The quantitative estimate of drug-likeness (QED) is 0.637. The van der Waals surface area contributed by atoms with Gasteiger partial charge in [0.25, 0.3) is 5.91 Å². The third-order valence-corrected chi connectivity index (χ3v) is 5.29. The second-order valence-corrected chi connectivity index (χ2v) is 7.35. The zero-order chi connectivity index (χ0) is 19.3. The van der Waals surface area contributed by atoms with Gasteiger partial charge in [-0.3, -0.25) is 4.79 Å². The van der Waals surface area contributed by atoms with E-state index in [1.165, 1.54) is 11.3 Å². The number of rotatable bonds is 7. The lowest BCUT2D eigenvalue weighted by Crippen LogP contribution is -2.21. The maximum absolute atomic E-state index is 12.2. The molecule has 0 aliphatic rings. The number of hydrogen-bond donors (Lipinski definition) is 1. The molecule has 0 bridgehead atoms. The van der Waals surface area contributed by atoms with Gasteiger partial charge >= 0.3 is 5.97 Å². The Morgan fingerprint density at radius 3 is 2.38 bits per heavy atom. The van der Waals surface area contributed by atoms with Gasteiger partial charge in [0.05, 0.1) is 12.2 Å². The molecule has 0 saturated heterocycles. The Kier molecular flexibility index (Phi) is 7.32. The summed E-state index contributed by atoms with van der Waals surface area (Å²) >= 11 is 13.2. The first-order valence-corrected chi connectivity index (χ1v) is 9.61. The van der Waals surface area contributed by atoms with Crippen LogP contribution in [0.15, 0.2) is 18.2 Å². The third-order valence-electron chi connectivity index (χ3n) is 3.51. The molecule has 2 rings (SSSR count). The number of thiophene rings is 1. The van der Waals surface area contributed by atoms with Crippen molar-refractivity contribution in [3.63, 3.8) is 0 Å². The molecule has 0 radical (unpaired) electrons. The number of anilines is 1. The summed E-state index contributed by atoms with van der Waals surface area (Å²) in [5.74, 6) is -0.450. The summed E-state index contributed by atoms with van der Waals surface area (Å²) < 4.78 is 10.5. The Morgan fingerprint density at radius 1 is 1.15 bits per heavy atom. The standard InChI is InChI=1S/C18H19Cl2NO4S/c1-4-14-10(3)16(18(23)24-5-2)17(26-14)21-15(22)9-25-13-7-11(19)6-12(20)8-13/h6-8H,4-5,9H2,1-3H3,(H,21,22). The van der Waals surface area contributed by atoms with Crippen LogP contribution in [-0.4, -0.2) is 25.1 Å². The van der Waals surface area contributed by atoms with E-state index in [9.17, 15) is 9.59 Å². The topological polar surface area (TPSA) is 64.6 Å². The molecule has 0 spiro atoms. The number of carbonyl (C=O) groups excluding carboxylic acids is 2. The van der Waals surface area contributed by atoms with E-state index in [1.54, 1.807) is 25.1 Å². The molecular formula is C18H19Cl2NO4S. The van der Waals surface area contributed by atoms with Crippen LogP contribution in [0.1, 0.15) is 34.6 Å². The molecule has 5 nitrogen and oxygen atoms in total. The fourth-order valence-electron chi connectivity index (χ4n) is 2.36. The fraction of sp³-hybridized carbons (Fsp3) is 0.333. The zero-order valence-corrected chi connectivity index (χ0v) is 17.0. The van der Waals surface area contributed by atoms with Crippen LogP contribution in [0.4, 0.5) is 5.00 Å². The van der Waals surface area contributed by atoms with E-state index in [2.05, 4.69) is 5.32 Å². The lowest BCUT2D eigenvalue weighted by molar-refractivity contribution is -0.118. The Bertz CT molecular complexity index is 800. The van der Waals surface area contributed by atoms with Gasteiger partial charge < -0.3 is 14.8 Å². The van der Waals surface area contributed by atoms with Gasteiger partial charge in [0.15, 0.2) is 6.61 Å². The van der Waals surface area contributed by atoms with Crippen molar-refractivity contribution in [1.29, 1.82) is 0 Å². The average molecular weight is 416 g/mol. The molecule has 0 fully saturated rings. The van der Waals surface area contributed by atoms with Gasteiger partial charge in [-0.05, 0) is 44.0 Å². The second-order valence-electron chi connectivity index (χ2n) is 5.37. The summed E-state index contributed by atoms with van der Waals surface area (Å²) in [6.45, 7) is 5.61. The van der Waals surface area contributed by atoms with E-state index < -0.39 is 11.9 Å². The zero-order valence-electron chi connectivity index (χ0n) is 14.7. The van der Waals surface area contributed by atoms with Crippen molar-refractivity contribution in [3.05, 3.63) is 44.2 Å². The number of hydrogen-bond acceptors (Lipinski definition) is 5. The Morgan fingerprint density at radius 2 is 1.81 bits per heavy atom. The monoisotopic (exact) mass is 415 g/mol. The summed E-state index contributed by atoms with van der Waals surface area (Å²) in [5.41, 5.74) is 1.22. The van der Waals surface area contributed by atoms with Crippen molar-refractivity contribution in [1.82, 2.24) is 0 Å². The molecule has 1 aromatic heterocycles. The normalized spacial score (nSPS) is 10.5. The molecule has 0 aliphatic heterocycles. The number of esters is 1. The van der Waals surface area contributed by atoms with Gasteiger partial charge in [-0.2, -0.15) is 0 Å². The highest BCUT2D eigenvalue weighted by Gasteiger charge is 2.23. The molecule has 1 amide bonds. The van der Waals surface area contributed by atoms with Crippen LogP contribution in [0.5, 0.6) is 5.75 Å². The molecule has 140 valence electrons. The molecular weight excluding hydrogens is 397 g/mol. The van der Waals surface area contributed by atoms with Crippen LogP contribution in [0.25, 0.3) is 0 Å². The van der Waals surface area contributed by atoms with Crippen LogP contribution in [0.3, 0.4) is 0 Å². The summed E-state index contributed by atoms with van der Waals surface area (Å²) in [5, 5.41) is 4.03.